The Morgan fingerprint density at radius 1 is 1.11 bits per heavy atom. The van der Waals surface area contributed by atoms with E-state index in [0.717, 1.165) is 0 Å². The summed E-state index contributed by atoms with van der Waals surface area (Å²) in [6.07, 6.45) is 0.430. The second-order valence-electron chi connectivity index (χ2n) is 4.68. The van der Waals surface area contributed by atoms with E-state index in [1.165, 1.54) is 0 Å². The summed E-state index contributed by atoms with van der Waals surface area (Å²) in [6.45, 7) is 6.98. The van der Waals surface area contributed by atoms with Crippen LogP contribution < -0.4 is 16.0 Å². The molecule has 0 spiro atoms. The summed E-state index contributed by atoms with van der Waals surface area (Å²) in [7, 11) is 0. The Balaban J connectivity index is 4.10. The van der Waals surface area contributed by atoms with Crippen molar-refractivity contribution in [2.75, 3.05) is 6.54 Å². The maximum Gasteiger partial charge on any atom is 0.315 e. The molecule has 0 saturated heterocycles. The lowest BCUT2D eigenvalue weighted by Gasteiger charge is -2.17. The van der Waals surface area contributed by atoms with E-state index in [1.807, 2.05) is 13.8 Å². The first-order valence-corrected chi connectivity index (χ1v) is 6.35. The molecule has 0 rings (SSSR count). The molecule has 0 aliphatic carbocycles. The number of hydrogen-bond donors (Lipinski definition) is 4. The summed E-state index contributed by atoms with van der Waals surface area (Å²) in [5.41, 5.74) is 0. The van der Waals surface area contributed by atoms with Crippen LogP contribution in [-0.2, 0) is 9.59 Å². The number of carbonyl (C=O) groups is 3. The summed E-state index contributed by atoms with van der Waals surface area (Å²) >= 11 is 0. The Kier molecular flexibility index (Phi) is 7.55. The van der Waals surface area contributed by atoms with Gasteiger partial charge in [0, 0.05) is 12.6 Å². The minimum absolute atomic E-state index is 0.00343. The van der Waals surface area contributed by atoms with Gasteiger partial charge >= 0.3 is 12.0 Å². The van der Waals surface area contributed by atoms with E-state index in [0.29, 0.717) is 6.42 Å². The smallest absolute Gasteiger partial charge is 0.315 e. The molecule has 0 fully saturated rings. The van der Waals surface area contributed by atoms with Gasteiger partial charge in [-0.1, -0.05) is 6.92 Å². The van der Waals surface area contributed by atoms with E-state index in [9.17, 15) is 14.4 Å². The van der Waals surface area contributed by atoms with Crippen molar-refractivity contribution in [2.24, 2.45) is 5.92 Å². The Bertz CT molecular complexity index is 331. The van der Waals surface area contributed by atoms with Gasteiger partial charge < -0.3 is 21.1 Å². The van der Waals surface area contributed by atoms with Gasteiger partial charge in [-0.2, -0.15) is 0 Å². The highest BCUT2D eigenvalue weighted by Gasteiger charge is 2.18. The van der Waals surface area contributed by atoms with Crippen molar-refractivity contribution in [3.63, 3.8) is 0 Å². The first-order chi connectivity index (χ1) is 8.77. The van der Waals surface area contributed by atoms with Crippen LogP contribution in [-0.4, -0.2) is 41.6 Å². The zero-order valence-corrected chi connectivity index (χ0v) is 11.8. The highest BCUT2D eigenvalue weighted by molar-refractivity contribution is 5.86. The van der Waals surface area contributed by atoms with Crippen LogP contribution in [0.5, 0.6) is 0 Å². The van der Waals surface area contributed by atoms with Gasteiger partial charge in [0.2, 0.25) is 5.91 Å². The van der Waals surface area contributed by atoms with E-state index < -0.39 is 24.0 Å². The Labute approximate surface area is 113 Å². The van der Waals surface area contributed by atoms with Crippen molar-refractivity contribution in [3.05, 3.63) is 0 Å². The number of carbonyl (C=O) groups excluding carboxylic acids is 2. The highest BCUT2D eigenvalue weighted by Crippen LogP contribution is 2.00. The molecule has 0 aromatic carbocycles. The molecule has 7 nitrogen and oxygen atoms in total. The highest BCUT2D eigenvalue weighted by atomic mass is 16.4. The average molecular weight is 273 g/mol. The van der Waals surface area contributed by atoms with Gasteiger partial charge in [-0.05, 0) is 27.2 Å². The molecule has 2 unspecified atom stereocenters. The van der Waals surface area contributed by atoms with Crippen LogP contribution in [0.15, 0.2) is 0 Å². The molecule has 3 amide bonds. The molecule has 0 bridgehead atoms. The number of amides is 3. The van der Waals surface area contributed by atoms with E-state index >= 15 is 0 Å². The maximum absolute atomic E-state index is 11.5. The first kappa shape index (κ1) is 17.2. The fourth-order valence-corrected chi connectivity index (χ4v) is 1.34. The third-order valence-corrected chi connectivity index (χ3v) is 2.52. The number of rotatable bonds is 7. The second kappa shape index (κ2) is 8.34. The molecule has 0 aromatic rings. The molecule has 2 atom stereocenters. The molecule has 0 heterocycles. The van der Waals surface area contributed by atoms with Crippen LogP contribution in [0.25, 0.3) is 0 Å². The summed E-state index contributed by atoms with van der Waals surface area (Å²) in [5, 5.41) is 16.4. The second-order valence-corrected chi connectivity index (χ2v) is 4.68. The number of hydrogen-bond acceptors (Lipinski definition) is 3. The van der Waals surface area contributed by atoms with Crippen LogP contribution in [0.2, 0.25) is 0 Å². The standard InChI is InChI=1S/C12H23N3O4/c1-5-9(11(17)18)6-13-12(19)15-8(4)10(16)14-7(2)3/h7-9H,5-6H2,1-4H3,(H,14,16)(H,17,18)(H2,13,15,19). The Hall–Kier alpha value is -1.79. The minimum atomic E-state index is -0.951. The lowest BCUT2D eigenvalue weighted by molar-refractivity contribution is -0.141. The Morgan fingerprint density at radius 3 is 2.11 bits per heavy atom. The van der Waals surface area contributed by atoms with Crippen LogP contribution in [0, 0.1) is 5.92 Å². The number of carboxylic acids is 1. The predicted octanol–water partition coefficient (Wildman–Crippen LogP) is 0.310. The molecule has 0 radical (unpaired) electrons. The minimum Gasteiger partial charge on any atom is -0.481 e. The average Bonchev–Trinajstić information content (AvgIpc) is 2.28. The monoisotopic (exact) mass is 273 g/mol. The van der Waals surface area contributed by atoms with Gasteiger partial charge in [0.05, 0.1) is 5.92 Å². The van der Waals surface area contributed by atoms with Crippen molar-refractivity contribution in [3.8, 4) is 0 Å². The molecule has 4 N–H and O–H groups in total. The van der Waals surface area contributed by atoms with Crippen molar-refractivity contribution >= 4 is 17.9 Å². The third kappa shape index (κ3) is 7.28. The maximum atomic E-state index is 11.5. The molecule has 19 heavy (non-hydrogen) atoms. The van der Waals surface area contributed by atoms with Crippen molar-refractivity contribution in [1.82, 2.24) is 16.0 Å². The summed E-state index contributed by atoms with van der Waals surface area (Å²) in [6, 6.07) is -1.23. The van der Waals surface area contributed by atoms with Gasteiger partial charge in [-0.25, -0.2) is 4.79 Å². The van der Waals surface area contributed by atoms with Gasteiger partial charge in [0.1, 0.15) is 6.04 Å². The van der Waals surface area contributed by atoms with Gasteiger partial charge in [0.25, 0.3) is 0 Å². The topological polar surface area (TPSA) is 108 Å². The van der Waals surface area contributed by atoms with Crippen LogP contribution in [0.3, 0.4) is 0 Å². The molecule has 7 heteroatoms. The molecule has 0 saturated carbocycles. The lowest BCUT2D eigenvalue weighted by Crippen LogP contribution is -2.50. The quantitative estimate of drug-likeness (QED) is 0.535. The lowest BCUT2D eigenvalue weighted by atomic mass is 10.1. The zero-order valence-electron chi connectivity index (χ0n) is 11.8. The van der Waals surface area contributed by atoms with Gasteiger partial charge in [-0.15, -0.1) is 0 Å². The van der Waals surface area contributed by atoms with Crippen molar-refractivity contribution in [1.29, 1.82) is 0 Å². The number of carboxylic acid groups (broad SMARTS) is 1. The van der Waals surface area contributed by atoms with Crippen LogP contribution >= 0.6 is 0 Å². The van der Waals surface area contributed by atoms with E-state index in [1.54, 1.807) is 13.8 Å². The van der Waals surface area contributed by atoms with Crippen LogP contribution in [0.4, 0.5) is 4.79 Å². The van der Waals surface area contributed by atoms with Gasteiger partial charge in [-0.3, -0.25) is 9.59 Å². The molecule has 0 aliphatic heterocycles. The number of urea groups is 1. The number of nitrogens with one attached hydrogen (secondary N) is 3. The largest absolute Gasteiger partial charge is 0.481 e. The molecule has 0 aromatic heterocycles. The fourth-order valence-electron chi connectivity index (χ4n) is 1.34. The summed E-state index contributed by atoms with van der Waals surface area (Å²) < 4.78 is 0. The van der Waals surface area contributed by atoms with E-state index in [4.69, 9.17) is 5.11 Å². The van der Waals surface area contributed by atoms with E-state index in [2.05, 4.69) is 16.0 Å². The van der Waals surface area contributed by atoms with E-state index in [-0.39, 0.29) is 18.5 Å². The first-order valence-electron chi connectivity index (χ1n) is 6.35. The molecule has 110 valence electrons. The SMILES string of the molecule is CCC(CNC(=O)NC(C)C(=O)NC(C)C)C(=O)O. The summed E-state index contributed by atoms with van der Waals surface area (Å²) in [4.78, 5) is 33.8. The van der Waals surface area contributed by atoms with Crippen LogP contribution in [0.1, 0.15) is 34.1 Å². The Morgan fingerprint density at radius 2 is 1.68 bits per heavy atom. The zero-order chi connectivity index (χ0) is 15.0. The third-order valence-electron chi connectivity index (χ3n) is 2.52. The van der Waals surface area contributed by atoms with Crippen molar-refractivity contribution < 1.29 is 19.5 Å². The summed E-state index contributed by atoms with van der Waals surface area (Å²) in [5.74, 6) is -1.85. The molecular formula is C12H23N3O4. The number of aliphatic carboxylic acids is 1. The van der Waals surface area contributed by atoms with Gasteiger partial charge in [0.15, 0.2) is 0 Å². The molecule has 0 aliphatic rings. The fraction of sp³-hybridized carbons (Fsp3) is 0.750. The van der Waals surface area contributed by atoms with Crippen molar-refractivity contribution in [2.45, 2.75) is 46.2 Å². The molecular weight excluding hydrogens is 250 g/mol. The normalized spacial score (nSPS) is 13.5. The predicted molar refractivity (Wildman–Crippen MR) is 70.7 cm³/mol.